The van der Waals surface area contributed by atoms with Gasteiger partial charge in [0.1, 0.15) is 17.1 Å². The second-order valence-corrected chi connectivity index (χ2v) is 32.6. The highest BCUT2D eigenvalue weighted by Crippen LogP contribution is 2.37. The van der Waals surface area contributed by atoms with E-state index in [0.717, 1.165) is 101 Å². The highest BCUT2D eigenvalue weighted by Gasteiger charge is 2.39. The maximum Gasteiger partial charge on any atom is 0.270 e. The number of fused-ring (bicyclic) bond motifs is 4. The van der Waals surface area contributed by atoms with Crippen LogP contribution in [0.5, 0.6) is 0 Å². The molecule has 1 aliphatic carbocycles. The fourth-order valence-electron chi connectivity index (χ4n) is 18.0. The van der Waals surface area contributed by atoms with Crippen LogP contribution in [-0.4, -0.2) is 139 Å². The maximum absolute atomic E-state index is 13.8. The summed E-state index contributed by atoms with van der Waals surface area (Å²) in [7, 11) is 0. The molecule has 0 bridgehead atoms. The number of nitrogens with one attached hydrogen (secondary N) is 1. The van der Waals surface area contributed by atoms with Gasteiger partial charge in [0.2, 0.25) is 17.7 Å². The number of amides is 6. The third-order valence-electron chi connectivity index (χ3n) is 24.2. The number of nitrogens with zero attached hydrogens (tertiary/aromatic N) is 8. The number of carbonyl (C=O) groups excluding carboxylic acids is 6. The van der Waals surface area contributed by atoms with Crippen molar-refractivity contribution in [2.45, 2.75) is 108 Å². The summed E-state index contributed by atoms with van der Waals surface area (Å²) in [5.74, 6) is 1.06. The van der Waals surface area contributed by atoms with E-state index in [9.17, 15) is 28.8 Å². The van der Waals surface area contributed by atoms with Gasteiger partial charge in [0, 0.05) is 156 Å². The minimum Gasteiger partial charge on any atom is -0.352 e. The molecule has 576 valence electrons. The SMILES string of the molecule is O=C(NC1Cc2ccccc2C1)C1CCN(C(=O)c2cc3ccccc3n2Cc2ccc(Cl)cc2)CC1.O=C(c1cc2ccccc2n1Cc1ccc(Cl)cc1)N1CCC(C(=O)N2CCC(c3ccccc3)C2)CC1.O=C(c1cc2ccccc2n1Cc1ccc(Cl)cc1)N1CCC(C(=O)N2CCCC2c2ccccc2)CC1. The Labute approximate surface area is 675 Å². The lowest BCUT2D eigenvalue weighted by molar-refractivity contribution is -0.138. The van der Waals surface area contributed by atoms with Crippen LogP contribution in [0.2, 0.25) is 15.1 Å². The lowest BCUT2D eigenvalue weighted by atomic mass is 9.94. The molecule has 18 heteroatoms. The maximum atomic E-state index is 13.8. The fourth-order valence-corrected chi connectivity index (χ4v) is 18.3. The lowest BCUT2D eigenvalue weighted by Gasteiger charge is -2.35. The van der Waals surface area contributed by atoms with E-state index in [0.29, 0.717) is 135 Å². The predicted octanol–water partition coefficient (Wildman–Crippen LogP) is 18.2. The minimum absolute atomic E-state index is 0.00602. The molecule has 9 aromatic carbocycles. The van der Waals surface area contributed by atoms with Crippen molar-refractivity contribution in [2.24, 2.45) is 17.8 Å². The van der Waals surface area contributed by atoms with Crippen molar-refractivity contribution in [2.75, 3.05) is 58.9 Å². The summed E-state index contributed by atoms with van der Waals surface area (Å²) < 4.78 is 6.30. The first-order valence-corrected chi connectivity index (χ1v) is 41.3. The molecule has 6 aliphatic rings. The number of aromatic nitrogens is 3. The van der Waals surface area contributed by atoms with Crippen LogP contribution in [0.25, 0.3) is 32.7 Å². The smallest absolute Gasteiger partial charge is 0.270 e. The second-order valence-electron chi connectivity index (χ2n) is 31.3. The van der Waals surface area contributed by atoms with E-state index < -0.39 is 0 Å². The van der Waals surface area contributed by atoms with E-state index in [1.165, 1.54) is 22.3 Å². The van der Waals surface area contributed by atoms with Gasteiger partial charge in [-0.1, -0.05) is 211 Å². The first-order chi connectivity index (χ1) is 55.2. The number of para-hydroxylation sites is 3. The molecule has 5 fully saturated rings. The first-order valence-electron chi connectivity index (χ1n) is 40.1. The molecule has 2 atom stereocenters. The lowest BCUT2D eigenvalue weighted by Crippen LogP contribution is -2.45. The molecular weight excluding hydrogens is 1470 g/mol. The monoisotopic (exact) mass is 1560 g/mol. The van der Waals surface area contributed by atoms with E-state index in [-0.39, 0.29) is 65.3 Å². The van der Waals surface area contributed by atoms with Gasteiger partial charge in [0.15, 0.2) is 0 Å². The van der Waals surface area contributed by atoms with Crippen molar-refractivity contribution in [3.63, 3.8) is 0 Å². The Balaban J connectivity index is 0.000000128. The summed E-state index contributed by atoms with van der Waals surface area (Å²) in [6.07, 6.45) is 9.11. The third kappa shape index (κ3) is 17.3. The van der Waals surface area contributed by atoms with Gasteiger partial charge in [0.25, 0.3) is 17.7 Å². The van der Waals surface area contributed by atoms with E-state index in [4.69, 9.17) is 34.8 Å². The molecule has 2 unspecified atom stereocenters. The fraction of sp³-hybridized carbons (Fsp3) is 0.305. The zero-order valence-electron chi connectivity index (χ0n) is 63.6. The van der Waals surface area contributed by atoms with E-state index >= 15 is 0 Å². The number of halogens is 3. The minimum atomic E-state index is -0.0484. The van der Waals surface area contributed by atoms with Gasteiger partial charge < -0.3 is 43.5 Å². The summed E-state index contributed by atoms with van der Waals surface area (Å²) in [5.41, 5.74) is 13.7. The van der Waals surface area contributed by atoms with Crippen molar-refractivity contribution in [3.8, 4) is 0 Å². The Morgan fingerprint density at radius 3 is 1.12 bits per heavy atom. The van der Waals surface area contributed by atoms with E-state index in [2.05, 4.69) is 109 Å². The van der Waals surface area contributed by atoms with E-state index in [1.807, 2.05) is 183 Å². The number of likely N-dealkylation sites (tertiary alicyclic amines) is 5. The molecule has 5 saturated heterocycles. The van der Waals surface area contributed by atoms with Gasteiger partial charge >= 0.3 is 0 Å². The summed E-state index contributed by atoms with van der Waals surface area (Å²) in [6.45, 7) is 7.81. The van der Waals surface area contributed by atoms with E-state index in [1.54, 1.807) is 0 Å². The van der Waals surface area contributed by atoms with Gasteiger partial charge in [-0.25, -0.2) is 0 Å². The summed E-state index contributed by atoms with van der Waals surface area (Å²) >= 11 is 18.3. The number of rotatable bonds is 15. The molecule has 18 rings (SSSR count). The Kier molecular flexibility index (Phi) is 23.4. The van der Waals surface area contributed by atoms with Crippen molar-refractivity contribution in [1.82, 2.24) is 43.5 Å². The normalized spacial score (nSPS) is 17.6. The topological polar surface area (TPSA) is 145 Å². The van der Waals surface area contributed by atoms with Gasteiger partial charge in [-0.05, 0) is 182 Å². The highest BCUT2D eigenvalue weighted by atomic mass is 35.5. The van der Waals surface area contributed by atoms with Crippen LogP contribution in [0, 0.1) is 17.8 Å². The average Bonchev–Trinajstić information content (AvgIpc) is 1.65. The predicted molar refractivity (Wildman–Crippen MR) is 450 cm³/mol. The number of carbonyl (C=O) groups is 6. The van der Waals surface area contributed by atoms with Gasteiger partial charge in [-0.2, -0.15) is 0 Å². The molecule has 113 heavy (non-hydrogen) atoms. The van der Waals surface area contributed by atoms with Crippen molar-refractivity contribution in [1.29, 1.82) is 0 Å². The number of hydrogen-bond donors (Lipinski definition) is 1. The van der Waals surface area contributed by atoms with Crippen LogP contribution < -0.4 is 5.32 Å². The number of hydrogen-bond acceptors (Lipinski definition) is 6. The summed E-state index contributed by atoms with van der Waals surface area (Å²) in [6, 6.07) is 83.3. The molecule has 6 amide bonds. The number of piperidine rings is 3. The Hall–Kier alpha value is -10.7. The van der Waals surface area contributed by atoms with Crippen LogP contribution in [0.15, 0.2) is 249 Å². The average molecular weight is 1560 g/mol. The van der Waals surface area contributed by atoms with Gasteiger partial charge in [0.05, 0.1) is 6.04 Å². The molecule has 5 aliphatic heterocycles. The summed E-state index contributed by atoms with van der Waals surface area (Å²) in [4.78, 5) is 91.0. The van der Waals surface area contributed by atoms with Crippen LogP contribution in [0.1, 0.15) is 140 Å². The van der Waals surface area contributed by atoms with Crippen LogP contribution in [0.3, 0.4) is 0 Å². The van der Waals surface area contributed by atoms with Gasteiger partial charge in [-0.15, -0.1) is 0 Å². The molecule has 0 radical (unpaired) electrons. The Morgan fingerprint density at radius 1 is 0.345 bits per heavy atom. The van der Waals surface area contributed by atoms with Gasteiger partial charge in [-0.3, -0.25) is 28.8 Å². The van der Waals surface area contributed by atoms with Crippen LogP contribution >= 0.6 is 34.8 Å². The summed E-state index contributed by atoms with van der Waals surface area (Å²) in [5, 5.41) is 8.52. The quantitative estimate of drug-likeness (QED) is 0.108. The molecule has 12 aromatic rings. The van der Waals surface area contributed by atoms with Crippen LogP contribution in [0.4, 0.5) is 0 Å². The largest absolute Gasteiger partial charge is 0.352 e. The number of benzene rings is 9. The van der Waals surface area contributed by atoms with Crippen molar-refractivity contribution in [3.05, 3.63) is 320 Å². The molecule has 1 N–H and O–H groups in total. The highest BCUT2D eigenvalue weighted by molar-refractivity contribution is 6.31. The first kappa shape index (κ1) is 76.3. The molecule has 0 spiro atoms. The Bertz CT molecular complexity index is 5360. The molecule has 0 saturated carbocycles. The molecule has 8 heterocycles. The molecule has 3 aromatic heterocycles. The zero-order chi connectivity index (χ0) is 77.5. The standard InChI is InChI=1S/2C32H32ClN3O2.C31H30ClN3O2/c33-27-14-12-23(13-15-27)22-36-29-10-5-4-9-26(29)21-30(36)32(38)34-19-16-25(17-20-34)31(37)35-18-6-11-28(35)24-7-2-1-3-8-24;33-28-12-10-23(11-13-28)21-36-29-9-5-4-8-26(29)20-30(36)32(38)34-17-14-25(15-18-34)31(37)35-19-16-27(22-35)24-6-2-1-3-7-24;32-26-11-9-21(10-12-26)20-35-28-8-4-3-7-25(28)19-29(35)31(37)34-15-13-22(14-16-34)30(36)33-27-17-23-5-1-2-6-24(23)18-27/h1-5,7-10,12-15,21,25,28H,6,11,16-20,22H2;1-13,20,25,27H,14-19,21-22H2;1-12,19,22,27H,13-18,20H2,(H,33,36). The van der Waals surface area contributed by atoms with Crippen LogP contribution in [-0.2, 0) is 46.9 Å². The third-order valence-corrected chi connectivity index (χ3v) is 24.9. The molecular formula is C95H94Cl3N9O6. The zero-order valence-corrected chi connectivity index (χ0v) is 65.8. The second kappa shape index (κ2) is 34.7. The molecule has 15 nitrogen and oxygen atoms in total. The van der Waals surface area contributed by atoms with Crippen molar-refractivity contribution >= 4 is 103 Å². The van der Waals surface area contributed by atoms with Crippen molar-refractivity contribution < 1.29 is 28.8 Å². The Morgan fingerprint density at radius 2 is 0.699 bits per heavy atom.